The first-order valence-corrected chi connectivity index (χ1v) is 8.43. The Kier molecular flexibility index (Phi) is 3.50. The molecule has 21 heavy (non-hydrogen) atoms. The highest BCUT2D eigenvalue weighted by molar-refractivity contribution is 5.18. The summed E-state index contributed by atoms with van der Waals surface area (Å²) < 4.78 is 13.1. The van der Waals surface area contributed by atoms with Gasteiger partial charge in [-0.1, -0.05) is 12.1 Å². The van der Waals surface area contributed by atoms with E-state index in [1.165, 1.54) is 37.7 Å². The summed E-state index contributed by atoms with van der Waals surface area (Å²) in [5, 5.41) is 0. The molecule has 0 radical (unpaired) electrons. The lowest BCUT2D eigenvalue weighted by Crippen LogP contribution is -2.55. The number of halogens is 1. The van der Waals surface area contributed by atoms with E-state index in [9.17, 15) is 4.39 Å². The van der Waals surface area contributed by atoms with Gasteiger partial charge in [0.05, 0.1) is 0 Å². The molecule has 4 fully saturated rings. The molecule has 114 valence electrons. The second kappa shape index (κ2) is 5.36. The van der Waals surface area contributed by atoms with Crippen LogP contribution in [0.1, 0.15) is 37.7 Å². The average molecular weight is 288 g/mol. The van der Waals surface area contributed by atoms with Crippen molar-refractivity contribution in [3.63, 3.8) is 0 Å². The minimum absolute atomic E-state index is 0.161. The van der Waals surface area contributed by atoms with Gasteiger partial charge >= 0.3 is 0 Å². The van der Waals surface area contributed by atoms with Gasteiger partial charge < -0.3 is 0 Å². The molecule has 4 saturated carbocycles. The molecule has 1 unspecified atom stereocenters. The van der Waals surface area contributed by atoms with Crippen LogP contribution in [0.15, 0.2) is 24.3 Å². The lowest BCUT2D eigenvalue weighted by Gasteiger charge is -2.56. The van der Waals surface area contributed by atoms with E-state index >= 15 is 0 Å². The maximum Gasteiger partial charge on any atom is 0.123 e. The highest BCUT2D eigenvalue weighted by Crippen LogP contribution is 2.57. The zero-order valence-corrected chi connectivity index (χ0v) is 12.5. The Hall–Kier alpha value is -0.930. The van der Waals surface area contributed by atoms with E-state index in [1.54, 1.807) is 12.1 Å². The van der Waals surface area contributed by atoms with Crippen molar-refractivity contribution < 1.29 is 4.39 Å². The Morgan fingerprint density at radius 1 is 1.00 bits per heavy atom. The summed E-state index contributed by atoms with van der Waals surface area (Å²) in [5.74, 6) is 10.2. The Morgan fingerprint density at radius 3 is 2.10 bits per heavy atom. The van der Waals surface area contributed by atoms with Gasteiger partial charge in [0.2, 0.25) is 0 Å². The van der Waals surface area contributed by atoms with Gasteiger partial charge in [-0.15, -0.1) is 0 Å². The number of hydrazine groups is 1. The van der Waals surface area contributed by atoms with E-state index in [4.69, 9.17) is 5.84 Å². The summed E-state index contributed by atoms with van der Waals surface area (Å²) in [4.78, 5) is 0. The second-order valence-corrected chi connectivity index (χ2v) is 7.61. The molecule has 3 N–H and O–H groups in total. The molecule has 2 nitrogen and oxygen atoms in total. The van der Waals surface area contributed by atoms with Crippen LogP contribution in [-0.4, -0.2) is 6.04 Å². The van der Waals surface area contributed by atoms with Crippen molar-refractivity contribution in [3.05, 3.63) is 35.6 Å². The number of hydrogen-bond donors (Lipinski definition) is 2. The van der Waals surface area contributed by atoms with Gasteiger partial charge in [-0.3, -0.25) is 11.3 Å². The molecule has 0 saturated heterocycles. The Bertz CT molecular complexity index is 470. The van der Waals surface area contributed by atoms with Gasteiger partial charge in [-0.25, -0.2) is 4.39 Å². The molecule has 4 aliphatic rings. The van der Waals surface area contributed by atoms with Crippen molar-refractivity contribution in [1.29, 1.82) is 0 Å². The lowest BCUT2D eigenvalue weighted by molar-refractivity contribution is -0.0517. The highest BCUT2D eigenvalue weighted by atomic mass is 19.1. The summed E-state index contributed by atoms with van der Waals surface area (Å²) in [6.07, 6.45) is 8.07. The van der Waals surface area contributed by atoms with Gasteiger partial charge in [0.15, 0.2) is 0 Å². The zero-order valence-electron chi connectivity index (χ0n) is 12.5. The predicted molar refractivity (Wildman–Crippen MR) is 81.8 cm³/mol. The number of hydrogen-bond acceptors (Lipinski definition) is 2. The number of benzene rings is 1. The average Bonchev–Trinajstić information content (AvgIpc) is 2.47. The monoisotopic (exact) mass is 288 g/mol. The SMILES string of the molecule is NNC(Cc1ccc(F)cc1)C1C2CC3CC(C2)CC1C3. The molecule has 0 aliphatic heterocycles. The van der Waals surface area contributed by atoms with Crippen molar-refractivity contribution >= 4 is 0 Å². The van der Waals surface area contributed by atoms with E-state index in [0.717, 1.165) is 30.1 Å². The molecule has 4 bridgehead atoms. The number of nitrogens with one attached hydrogen (secondary N) is 1. The first-order chi connectivity index (χ1) is 10.2. The second-order valence-electron chi connectivity index (χ2n) is 7.61. The van der Waals surface area contributed by atoms with E-state index in [0.29, 0.717) is 12.0 Å². The third kappa shape index (κ3) is 2.51. The Balaban J connectivity index is 1.51. The van der Waals surface area contributed by atoms with Crippen LogP contribution < -0.4 is 11.3 Å². The molecule has 0 aromatic heterocycles. The van der Waals surface area contributed by atoms with Crippen molar-refractivity contribution in [3.8, 4) is 0 Å². The van der Waals surface area contributed by atoms with Gasteiger partial charge in [0.25, 0.3) is 0 Å². The number of nitrogens with two attached hydrogens (primary N) is 1. The highest BCUT2D eigenvalue weighted by Gasteiger charge is 2.50. The Labute approximate surface area is 126 Å². The van der Waals surface area contributed by atoms with Gasteiger partial charge in [-0.2, -0.15) is 0 Å². The molecule has 1 aromatic rings. The summed E-state index contributed by atoms with van der Waals surface area (Å²) in [6, 6.07) is 7.25. The fourth-order valence-corrected chi connectivity index (χ4v) is 5.80. The molecule has 1 atom stereocenters. The van der Waals surface area contributed by atoms with Crippen molar-refractivity contribution in [2.75, 3.05) is 0 Å². The Morgan fingerprint density at radius 2 is 1.57 bits per heavy atom. The molecule has 3 heteroatoms. The fraction of sp³-hybridized carbons (Fsp3) is 0.667. The zero-order chi connectivity index (χ0) is 14.4. The van der Waals surface area contributed by atoms with Crippen LogP contribution in [0.5, 0.6) is 0 Å². The third-order valence-electron chi connectivity index (χ3n) is 6.35. The minimum Gasteiger partial charge on any atom is -0.271 e. The van der Waals surface area contributed by atoms with E-state index in [2.05, 4.69) is 5.43 Å². The largest absolute Gasteiger partial charge is 0.271 e. The van der Waals surface area contributed by atoms with Crippen LogP contribution in [0.4, 0.5) is 4.39 Å². The molecule has 1 aromatic carbocycles. The van der Waals surface area contributed by atoms with Crippen LogP contribution in [0.3, 0.4) is 0 Å². The maximum absolute atomic E-state index is 13.1. The maximum atomic E-state index is 13.1. The smallest absolute Gasteiger partial charge is 0.123 e. The van der Waals surface area contributed by atoms with Crippen molar-refractivity contribution in [2.24, 2.45) is 35.4 Å². The molecule has 4 aliphatic carbocycles. The number of rotatable bonds is 4. The predicted octanol–water partition coefficient (Wildman–Crippen LogP) is 3.27. The topological polar surface area (TPSA) is 38.0 Å². The summed E-state index contributed by atoms with van der Waals surface area (Å²) in [6.45, 7) is 0. The van der Waals surface area contributed by atoms with Crippen LogP contribution >= 0.6 is 0 Å². The summed E-state index contributed by atoms with van der Waals surface area (Å²) >= 11 is 0. The first-order valence-electron chi connectivity index (χ1n) is 8.43. The van der Waals surface area contributed by atoms with E-state index in [1.807, 2.05) is 12.1 Å². The van der Waals surface area contributed by atoms with Crippen LogP contribution in [0.2, 0.25) is 0 Å². The molecular formula is C18H25FN2. The molecule has 5 rings (SSSR count). The molecule has 0 heterocycles. The third-order valence-corrected chi connectivity index (χ3v) is 6.35. The van der Waals surface area contributed by atoms with Crippen LogP contribution in [0.25, 0.3) is 0 Å². The van der Waals surface area contributed by atoms with E-state index in [-0.39, 0.29) is 5.82 Å². The standard InChI is InChI=1S/C18H25FN2/c19-16-3-1-11(2-4-16)10-17(21-20)18-14-6-12-5-13(8-14)9-15(18)7-12/h1-4,12-15,17-18,21H,5-10,20H2. The summed E-state index contributed by atoms with van der Waals surface area (Å²) in [7, 11) is 0. The molecule has 0 amide bonds. The van der Waals surface area contributed by atoms with Crippen LogP contribution in [0, 0.1) is 35.4 Å². The van der Waals surface area contributed by atoms with E-state index < -0.39 is 0 Å². The fourth-order valence-electron chi connectivity index (χ4n) is 5.80. The normalized spacial score (nSPS) is 38.7. The quantitative estimate of drug-likeness (QED) is 0.659. The van der Waals surface area contributed by atoms with Gasteiger partial charge in [0, 0.05) is 6.04 Å². The van der Waals surface area contributed by atoms with Gasteiger partial charge in [-0.05, 0) is 85.8 Å². The molecular weight excluding hydrogens is 263 g/mol. The van der Waals surface area contributed by atoms with Crippen molar-refractivity contribution in [1.82, 2.24) is 5.43 Å². The minimum atomic E-state index is -0.161. The van der Waals surface area contributed by atoms with Crippen LogP contribution in [-0.2, 0) is 6.42 Å². The summed E-state index contributed by atoms with van der Waals surface area (Å²) in [5.41, 5.74) is 4.29. The lowest BCUT2D eigenvalue weighted by atomic mass is 9.50. The molecule has 0 spiro atoms. The van der Waals surface area contributed by atoms with Gasteiger partial charge in [0.1, 0.15) is 5.82 Å². The first kappa shape index (κ1) is 13.7. The van der Waals surface area contributed by atoms with Crippen molar-refractivity contribution in [2.45, 2.75) is 44.6 Å².